The number of ketones is 1. The Morgan fingerprint density at radius 1 is 1.16 bits per heavy atom. The highest BCUT2D eigenvalue weighted by Crippen LogP contribution is 2.49. The van der Waals surface area contributed by atoms with Crippen molar-refractivity contribution >= 4 is 5.78 Å². The molecule has 1 fully saturated rings. The number of Topliss-reactive ketones (excluding diaryl/α,β-unsaturated/α-hetero) is 1. The molecule has 1 aromatic carbocycles. The predicted molar refractivity (Wildman–Crippen MR) is 126 cm³/mol. The van der Waals surface area contributed by atoms with E-state index in [1.54, 1.807) is 12.1 Å². The summed E-state index contributed by atoms with van der Waals surface area (Å²) < 4.78 is 0. The first-order chi connectivity index (χ1) is 15.3. The normalized spacial score (nSPS) is 27.7. The van der Waals surface area contributed by atoms with Crippen molar-refractivity contribution in [1.82, 2.24) is 4.98 Å². The zero-order chi connectivity index (χ0) is 23.0. The Labute approximate surface area is 188 Å². The highest BCUT2D eigenvalue weighted by Gasteiger charge is 2.43. The topological polar surface area (TPSA) is 90.4 Å². The number of allylic oxidation sites excluding steroid dienone is 4. The number of pyridine rings is 1. The number of aromatic hydroxyl groups is 2. The van der Waals surface area contributed by atoms with E-state index in [0.717, 1.165) is 12.8 Å². The molecule has 0 spiro atoms. The molecule has 2 aliphatic carbocycles. The average molecular weight is 434 g/mol. The first kappa shape index (κ1) is 22.1. The maximum absolute atomic E-state index is 13.8. The number of carbonyl (C=O) groups is 1. The maximum atomic E-state index is 13.8. The number of aromatic amines is 1. The molecule has 4 rings (SSSR count). The van der Waals surface area contributed by atoms with Crippen LogP contribution in [0.15, 0.2) is 59.1 Å². The summed E-state index contributed by atoms with van der Waals surface area (Å²) in [6.45, 7) is 6.32. The van der Waals surface area contributed by atoms with E-state index in [-0.39, 0.29) is 28.8 Å². The molecule has 5 atom stereocenters. The number of carbonyl (C=O) groups excluding carboxylic acids is 1. The Kier molecular flexibility index (Phi) is 6.09. The van der Waals surface area contributed by atoms with Crippen LogP contribution in [0.25, 0.3) is 11.1 Å². The van der Waals surface area contributed by atoms with Crippen LogP contribution in [-0.4, -0.2) is 21.0 Å². The van der Waals surface area contributed by atoms with Crippen LogP contribution in [0, 0.1) is 29.6 Å². The van der Waals surface area contributed by atoms with Crippen molar-refractivity contribution in [3.63, 3.8) is 0 Å². The Morgan fingerprint density at radius 2 is 1.88 bits per heavy atom. The Balaban J connectivity index is 1.79. The van der Waals surface area contributed by atoms with E-state index in [0.29, 0.717) is 28.9 Å². The second kappa shape index (κ2) is 8.81. The number of aromatic nitrogens is 1. The molecule has 2 aliphatic rings. The summed E-state index contributed by atoms with van der Waals surface area (Å²) in [7, 11) is 0. The van der Waals surface area contributed by atoms with Crippen LogP contribution >= 0.6 is 0 Å². The number of rotatable bonds is 4. The highest BCUT2D eigenvalue weighted by molar-refractivity contribution is 6.03. The third kappa shape index (κ3) is 3.92. The Bertz CT molecular complexity index is 1130. The molecule has 0 radical (unpaired) electrons. The van der Waals surface area contributed by atoms with Crippen LogP contribution < -0.4 is 5.56 Å². The summed E-state index contributed by atoms with van der Waals surface area (Å²) in [6.07, 6.45) is 10.9. The number of H-pyrrole nitrogens is 1. The van der Waals surface area contributed by atoms with Crippen molar-refractivity contribution in [1.29, 1.82) is 0 Å². The quantitative estimate of drug-likeness (QED) is 0.441. The molecule has 0 aliphatic heterocycles. The van der Waals surface area contributed by atoms with Gasteiger partial charge >= 0.3 is 0 Å². The summed E-state index contributed by atoms with van der Waals surface area (Å²) in [5.74, 6) is 0.391. The fourth-order valence-corrected chi connectivity index (χ4v) is 5.71. The van der Waals surface area contributed by atoms with Gasteiger partial charge in [-0.2, -0.15) is 0 Å². The van der Waals surface area contributed by atoms with Gasteiger partial charge in [0.05, 0.1) is 0 Å². The Morgan fingerprint density at radius 3 is 2.56 bits per heavy atom. The molecule has 32 heavy (non-hydrogen) atoms. The first-order valence-corrected chi connectivity index (χ1v) is 11.4. The van der Waals surface area contributed by atoms with E-state index < -0.39 is 11.5 Å². The van der Waals surface area contributed by atoms with E-state index in [9.17, 15) is 19.8 Å². The van der Waals surface area contributed by atoms with Crippen molar-refractivity contribution in [3.05, 3.63) is 70.2 Å². The predicted octanol–water partition coefficient (Wildman–Crippen LogP) is 5.46. The third-order valence-electron chi connectivity index (χ3n) is 7.31. The third-order valence-corrected chi connectivity index (χ3v) is 7.31. The molecule has 0 amide bonds. The number of benzene rings is 1. The van der Waals surface area contributed by atoms with Gasteiger partial charge in [0.1, 0.15) is 17.1 Å². The molecule has 168 valence electrons. The number of hydrogen-bond donors (Lipinski definition) is 3. The number of phenolic OH excluding ortho intramolecular Hbond substituents is 1. The molecule has 5 nitrogen and oxygen atoms in total. The van der Waals surface area contributed by atoms with Gasteiger partial charge in [0.15, 0.2) is 5.78 Å². The van der Waals surface area contributed by atoms with Gasteiger partial charge in [-0.15, -0.1) is 0 Å². The van der Waals surface area contributed by atoms with Gasteiger partial charge in [-0.25, -0.2) is 0 Å². The van der Waals surface area contributed by atoms with Crippen LogP contribution in [0.4, 0.5) is 0 Å². The van der Waals surface area contributed by atoms with E-state index in [4.69, 9.17) is 0 Å². The minimum absolute atomic E-state index is 0.0000727. The standard InChI is InChI=1S/C27H31NO4/c1-4-5-20-21-12-15(2)6-11-19(21)16(3)13-22(20)25(30)24-26(31)23(14-28-27(24)32)17-7-9-18(29)10-8-17/h4-5,7-10,13-15,19-22,29H,6,11-12H2,1-3H3,(H2,28,31,32)/b5-4+/t15-,19+,20+,21-,22?/m0/s1. The molecule has 0 saturated heterocycles. The number of fused-ring (bicyclic) bond motifs is 1. The molecule has 3 N–H and O–H groups in total. The number of hydrogen-bond acceptors (Lipinski definition) is 4. The summed E-state index contributed by atoms with van der Waals surface area (Å²) in [6, 6.07) is 6.28. The fraction of sp³-hybridized carbons (Fsp3) is 0.407. The largest absolute Gasteiger partial charge is 0.508 e. The molecule has 2 aromatic rings. The lowest BCUT2D eigenvalue weighted by atomic mass is 9.59. The van der Waals surface area contributed by atoms with Gasteiger partial charge in [0.2, 0.25) is 0 Å². The van der Waals surface area contributed by atoms with Crippen molar-refractivity contribution < 1.29 is 15.0 Å². The van der Waals surface area contributed by atoms with Gasteiger partial charge in [0, 0.05) is 17.7 Å². The zero-order valence-corrected chi connectivity index (χ0v) is 18.8. The van der Waals surface area contributed by atoms with E-state index in [1.165, 1.54) is 30.3 Å². The van der Waals surface area contributed by atoms with Crippen LogP contribution in [0.1, 0.15) is 50.4 Å². The van der Waals surface area contributed by atoms with Crippen molar-refractivity contribution in [2.45, 2.75) is 40.0 Å². The van der Waals surface area contributed by atoms with Crippen LogP contribution in [0.2, 0.25) is 0 Å². The maximum Gasteiger partial charge on any atom is 0.262 e. The lowest BCUT2D eigenvalue weighted by molar-refractivity contribution is 0.0803. The molecular weight excluding hydrogens is 402 g/mol. The summed E-state index contributed by atoms with van der Waals surface area (Å²) in [5, 5.41) is 20.6. The van der Waals surface area contributed by atoms with Crippen molar-refractivity contribution in [2.75, 3.05) is 0 Å². The van der Waals surface area contributed by atoms with Crippen molar-refractivity contribution in [3.8, 4) is 22.6 Å². The lowest BCUT2D eigenvalue weighted by Crippen LogP contribution is -2.40. The van der Waals surface area contributed by atoms with Crippen LogP contribution in [0.5, 0.6) is 11.5 Å². The summed E-state index contributed by atoms with van der Waals surface area (Å²) in [4.78, 5) is 29.1. The minimum atomic E-state index is -0.584. The average Bonchev–Trinajstić information content (AvgIpc) is 2.76. The molecule has 0 bridgehead atoms. The smallest absolute Gasteiger partial charge is 0.262 e. The Hall–Kier alpha value is -3.08. The first-order valence-electron chi connectivity index (χ1n) is 11.4. The molecular formula is C27H31NO4. The molecule has 5 heteroatoms. The van der Waals surface area contributed by atoms with Gasteiger partial charge in [0.25, 0.3) is 5.56 Å². The fourth-order valence-electron chi connectivity index (χ4n) is 5.71. The lowest BCUT2D eigenvalue weighted by Gasteiger charge is -2.45. The molecule has 1 heterocycles. The number of phenols is 1. The summed E-state index contributed by atoms with van der Waals surface area (Å²) >= 11 is 0. The second-order valence-corrected chi connectivity index (χ2v) is 9.39. The molecule has 1 aromatic heterocycles. The van der Waals surface area contributed by atoms with Gasteiger partial charge in [-0.1, -0.05) is 49.3 Å². The van der Waals surface area contributed by atoms with Crippen molar-refractivity contribution in [2.24, 2.45) is 29.6 Å². The number of nitrogens with one attached hydrogen (secondary N) is 1. The molecule has 1 saturated carbocycles. The van der Waals surface area contributed by atoms with Gasteiger partial charge in [-0.05, 0) is 68.1 Å². The monoisotopic (exact) mass is 433 g/mol. The van der Waals surface area contributed by atoms with E-state index in [1.807, 2.05) is 19.1 Å². The minimum Gasteiger partial charge on any atom is -0.508 e. The van der Waals surface area contributed by atoms with Gasteiger partial charge in [-0.3, -0.25) is 9.59 Å². The van der Waals surface area contributed by atoms with E-state index >= 15 is 0 Å². The van der Waals surface area contributed by atoms with Crippen LogP contribution in [-0.2, 0) is 0 Å². The van der Waals surface area contributed by atoms with Gasteiger partial charge < -0.3 is 15.2 Å². The van der Waals surface area contributed by atoms with E-state index in [2.05, 4.69) is 24.9 Å². The SMILES string of the molecule is C/C=C/[C@H]1C(C(=O)c2c(O)c(-c3ccc(O)cc3)c[nH]c2=O)C=C(C)[C@H]2CC[C@H](C)C[C@@H]21. The second-order valence-electron chi connectivity index (χ2n) is 9.39. The summed E-state index contributed by atoms with van der Waals surface area (Å²) in [5.41, 5.74) is 1.40. The van der Waals surface area contributed by atoms with Crippen LogP contribution in [0.3, 0.4) is 0 Å². The highest BCUT2D eigenvalue weighted by atomic mass is 16.3. The molecule has 1 unspecified atom stereocenters. The zero-order valence-electron chi connectivity index (χ0n) is 18.8.